The predicted octanol–water partition coefficient (Wildman–Crippen LogP) is 0.528. The molecule has 0 aromatic carbocycles. The summed E-state index contributed by atoms with van der Waals surface area (Å²) in [5.74, 6) is -1.85. The summed E-state index contributed by atoms with van der Waals surface area (Å²) in [5.41, 5.74) is -1.80. The van der Waals surface area contributed by atoms with Gasteiger partial charge in [-0.25, -0.2) is 4.79 Å². The summed E-state index contributed by atoms with van der Waals surface area (Å²) in [4.78, 5) is 24.9. The van der Waals surface area contributed by atoms with E-state index in [1.807, 2.05) is 4.98 Å². The van der Waals surface area contributed by atoms with Crippen LogP contribution in [-0.2, 0) is 14.2 Å². The minimum absolute atomic E-state index is 0.274. The van der Waals surface area contributed by atoms with Crippen LogP contribution in [0.1, 0.15) is 20.1 Å². The number of nitrogens with one attached hydrogen (secondary N) is 1. The molecule has 0 aliphatic carbocycles. The number of halogens is 2. The smallest absolute Gasteiger partial charge is 0.330 e. The van der Waals surface area contributed by atoms with E-state index in [9.17, 15) is 14.0 Å². The normalized spacial score (nSPS) is 34.1. The fourth-order valence-corrected chi connectivity index (χ4v) is 3.37. The minimum Gasteiger partial charge on any atom is -0.348 e. The lowest BCUT2D eigenvalue weighted by Crippen LogP contribution is -2.38. The first-order valence-electron chi connectivity index (χ1n) is 6.40. The van der Waals surface area contributed by atoms with Crippen LogP contribution in [0.3, 0.4) is 0 Å². The molecule has 0 unspecified atom stereocenters. The zero-order chi connectivity index (χ0) is 15.4. The highest BCUT2D eigenvalue weighted by Gasteiger charge is 2.55. The van der Waals surface area contributed by atoms with E-state index in [0.717, 1.165) is 10.8 Å². The number of aromatic nitrogens is 2. The van der Waals surface area contributed by atoms with Gasteiger partial charge in [0.2, 0.25) is 5.82 Å². The van der Waals surface area contributed by atoms with E-state index < -0.39 is 35.2 Å². The van der Waals surface area contributed by atoms with Gasteiger partial charge < -0.3 is 14.2 Å². The summed E-state index contributed by atoms with van der Waals surface area (Å²) < 4.78 is 32.4. The largest absolute Gasteiger partial charge is 0.348 e. The highest BCUT2D eigenvalue weighted by Crippen LogP contribution is 2.42. The molecule has 7 nitrogen and oxygen atoms in total. The van der Waals surface area contributed by atoms with E-state index in [1.165, 1.54) is 0 Å². The Kier molecular flexibility index (Phi) is 3.71. The summed E-state index contributed by atoms with van der Waals surface area (Å²) >= 11 is 2.15. The second-order valence-electron chi connectivity index (χ2n) is 5.43. The second kappa shape index (κ2) is 5.14. The molecule has 21 heavy (non-hydrogen) atoms. The summed E-state index contributed by atoms with van der Waals surface area (Å²) in [7, 11) is 0. The third kappa shape index (κ3) is 2.56. The van der Waals surface area contributed by atoms with Crippen LogP contribution in [0.15, 0.2) is 15.8 Å². The molecule has 0 spiro atoms. The van der Waals surface area contributed by atoms with Crippen molar-refractivity contribution in [2.45, 2.75) is 44.2 Å². The van der Waals surface area contributed by atoms with Gasteiger partial charge >= 0.3 is 5.69 Å². The Hall–Kier alpha value is -0.780. The Morgan fingerprint density at radius 3 is 2.71 bits per heavy atom. The fraction of sp³-hybridized carbons (Fsp3) is 0.667. The molecule has 116 valence electrons. The summed E-state index contributed by atoms with van der Waals surface area (Å²) in [6.45, 7) is 3.53. The Morgan fingerprint density at radius 2 is 2.05 bits per heavy atom. The number of rotatable bonds is 2. The number of alkyl halides is 1. The number of nitrogens with zero attached hydrogens (tertiary/aromatic N) is 1. The Morgan fingerprint density at radius 1 is 1.38 bits per heavy atom. The van der Waals surface area contributed by atoms with Gasteiger partial charge in [0.1, 0.15) is 12.2 Å². The Bertz CT molecular complexity index is 672. The zero-order valence-electron chi connectivity index (χ0n) is 11.3. The van der Waals surface area contributed by atoms with Crippen LogP contribution in [0.2, 0.25) is 0 Å². The van der Waals surface area contributed by atoms with Gasteiger partial charge in [-0.1, -0.05) is 22.6 Å². The Balaban J connectivity index is 2.01. The molecule has 1 N–H and O–H groups in total. The van der Waals surface area contributed by atoms with E-state index in [-0.39, 0.29) is 12.2 Å². The number of hydrogen-bond donors (Lipinski definition) is 1. The van der Waals surface area contributed by atoms with Gasteiger partial charge in [-0.3, -0.25) is 14.3 Å². The van der Waals surface area contributed by atoms with E-state index >= 15 is 0 Å². The molecule has 2 aliphatic rings. The number of H-pyrrole nitrogens is 1. The van der Waals surface area contributed by atoms with Gasteiger partial charge in [-0.15, -0.1) is 0 Å². The molecule has 0 bridgehead atoms. The van der Waals surface area contributed by atoms with Crippen LogP contribution in [0.25, 0.3) is 0 Å². The van der Waals surface area contributed by atoms with E-state index in [2.05, 4.69) is 22.6 Å². The molecule has 1 aromatic heterocycles. The van der Waals surface area contributed by atoms with Crippen molar-refractivity contribution in [1.82, 2.24) is 9.55 Å². The van der Waals surface area contributed by atoms with Crippen LogP contribution in [0.5, 0.6) is 0 Å². The minimum atomic E-state index is -1.06. The topological polar surface area (TPSA) is 82.5 Å². The quantitative estimate of drug-likeness (QED) is 0.566. The zero-order valence-corrected chi connectivity index (χ0v) is 13.5. The lowest BCUT2D eigenvalue weighted by molar-refractivity contribution is -0.194. The van der Waals surface area contributed by atoms with E-state index in [1.54, 1.807) is 13.8 Å². The molecule has 2 fully saturated rings. The molecule has 3 rings (SSSR count). The lowest BCUT2D eigenvalue weighted by atomic mass is 10.1. The number of hydrogen-bond acceptors (Lipinski definition) is 5. The summed E-state index contributed by atoms with van der Waals surface area (Å²) in [6.07, 6.45) is -1.15. The molecule has 4 atom stereocenters. The maximum absolute atomic E-state index is 13.5. The van der Waals surface area contributed by atoms with Crippen molar-refractivity contribution in [3.05, 3.63) is 32.9 Å². The maximum atomic E-state index is 13.5. The van der Waals surface area contributed by atoms with Crippen LogP contribution in [-0.4, -0.2) is 38.1 Å². The van der Waals surface area contributed by atoms with Crippen molar-refractivity contribution >= 4 is 22.6 Å². The molecule has 9 heteroatoms. The molecule has 2 saturated heterocycles. The van der Waals surface area contributed by atoms with Crippen molar-refractivity contribution in [2.75, 3.05) is 4.43 Å². The van der Waals surface area contributed by atoms with Gasteiger partial charge in [-0.2, -0.15) is 4.39 Å². The highest BCUT2D eigenvalue weighted by atomic mass is 127. The number of fused-ring (bicyclic) bond motifs is 1. The standard InChI is InChI=1S/C12H14FIN2O5/c1-12(2)20-7-6(3-14)19-10(8(7)21-12)16-4-5(13)9(17)15-11(16)18/h4,6-8,10H,3H2,1-2H3,(H,15,17,18)/t6-,7+,8-,10+/m1/s1. The van der Waals surface area contributed by atoms with Crippen LogP contribution in [0, 0.1) is 5.82 Å². The maximum Gasteiger partial charge on any atom is 0.330 e. The highest BCUT2D eigenvalue weighted by molar-refractivity contribution is 14.1. The number of aromatic amines is 1. The van der Waals surface area contributed by atoms with Crippen molar-refractivity contribution in [2.24, 2.45) is 0 Å². The Labute approximate surface area is 132 Å². The van der Waals surface area contributed by atoms with E-state index in [4.69, 9.17) is 14.2 Å². The van der Waals surface area contributed by atoms with Crippen molar-refractivity contribution in [3.8, 4) is 0 Å². The van der Waals surface area contributed by atoms with Crippen LogP contribution in [0.4, 0.5) is 4.39 Å². The van der Waals surface area contributed by atoms with Gasteiger partial charge in [0.05, 0.1) is 12.3 Å². The van der Waals surface area contributed by atoms with E-state index in [0.29, 0.717) is 4.43 Å². The van der Waals surface area contributed by atoms with Crippen molar-refractivity contribution in [1.29, 1.82) is 0 Å². The van der Waals surface area contributed by atoms with Crippen LogP contribution >= 0.6 is 22.6 Å². The first-order chi connectivity index (χ1) is 9.82. The second-order valence-corrected chi connectivity index (χ2v) is 6.31. The van der Waals surface area contributed by atoms with Gasteiger partial charge in [0, 0.05) is 4.43 Å². The molecule has 3 heterocycles. The number of ether oxygens (including phenoxy) is 3. The first-order valence-corrected chi connectivity index (χ1v) is 7.93. The lowest BCUT2D eigenvalue weighted by Gasteiger charge is -2.24. The van der Waals surface area contributed by atoms with Crippen molar-refractivity contribution in [3.63, 3.8) is 0 Å². The van der Waals surface area contributed by atoms with Gasteiger partial charge in [-0.05, 0) is 13.8 Å². The molecule has 1 aromatic rings. The first kappa shape index (κ1) is 15.1. The molecular weight excluding hydrogens is 398 g/mol. The van der Waals surface area contributed by atoms with Crippen molar-refractivity contribution < 1.29 is 18.6 Å². The third-order valence-electron chi connectivity index (χ3n) is 3.48. The molecule has 0 saturated carbocycles. The van der Waals surface area contributed by atoms with Gasteiger partial charge in [0.15, 0.2) is 12.0 Å². The predicted molar refractivity (Wildman–Crippen MR) is 77.9 cm³/mol. The summed E-state index contributed by atoms with van der Waals surface area (Å²) in [6, 6.07) is 0. The SMILES string of the molecule is CC1(C)O[C@@H]2[C@@H](O1)[C@@H](n1cc(F)c(=O)[nH]c1=O)O[C@@H]2CI. The molecule has 2 aliphatic heterocycles. The third-order valence-corrected chi connectivity index (χ3v) is 4.34. The monoisotopic (exact) mass is 412 g/mol. The average molecular weight is 412 g/mol. The molecular formula is C12H14FIN2O5. The summed E-state index contributed by atoms with van der Waals surface area (Å²) in [5, 5.41) is 0. The fourth-order valence-electron chi connectivity index (χ4n) is 2.66. The van der Waals surface area contributed by atoms with Gasteiger partial charge in [0.25, 0.3) is 5.56 Å². The molecule has 0 amide bonds. The van der Waals surface area contributed by atoms with Crippen LogP contribution < -0.4 is 11.2 Å². The molecule has 0 radical (unpaired) electrons. The average Bonchev–Trinajstić information content (AvgIpc) is 2.87.